The molecule has 3 heteroatoms. The van der Waals surface area contributed by atoms with E-state index in [1.165, 1.54) is 35.0 Å². The van der Waals surface area contributed by atoms with Crippen LogP contribution in [0.25, 0.3) is 0 Å². The van der Waals surface area contributed by atoms with Crippen molar-refractivity contribution in [3.05, 3.63) is 28.2 Å². The number of benzene rings is 1. The molecule has 88 valence electrons. The van der Waals surface area contributed by atoms with Gasteiger partial charge in [0.1, 0.15) is 0 Å². The molecule has 2 rings (SSSR count). The third-order valence-corrected chi connectivity index (χ3v) is 3.97. The van der Waals surface area contributed by atoms with E-state index in [0.29, 0.717) is 6.04 Å². The minimum absolute atomic E-state index is 0.615. The molecule has 0 amide bonds. The van der Waals surface area contributed by atoms with Gasteiger partial charge in [0.2, 0.25) is 0 Å². The first kappa shape index (κ1) is 11.9. The molecule has 1 saturated heterocycles. The average molecular weight is 283 g/mol. The molecule has 0 aromatic heterocycles. The van der Waals surface area contributed by atoms with Crippen molar-refractivity contribution in [3.63, 3.8) is 0 Å². The molecule has 0 aliphatic carbocycles. The Morgan fingerprint density at radius 3 is 3.00 bits per heavy atom. The van der Waals surface area contributed by atoms with Gasteiger partial charge >= 0.3 is 0 Å². The van der Waals surface area contributed by atoms with E-state index in [9.17, 15) is 0 Å². The van der Waals surface area contributed by atoms with Crippen LogP contribution in [0.3, 0.4) is 0 Å². The first-order valence-corrected chi connectivity index (χ1v) is 6.78. The van der Waals surface area contributed by atoms with Crippen molar-refractivity contribution in [2.75, 3.05) is 18.4 Å². The quantitative estimate of drug-likeness (QED) is 0.870. The lowest BCUT2D eigenvalue weighted by atomic mass is 10.1. The summed E-state index contributed by atoms with van der Waals surface area (Å²) in [6.07, 6.45) is 3.74. The number of aryl methyl sites for hydroxylation is 1. The van der Waals surface area contributed by atoms with Crippen LogP contribution < -0.4 is 10.6 Å². The lowest BCUT2D eigenvalue weighted by molar-refractivity contribution is 0.637. The van der Waals surface area contributed by atoms with E-state index in [-0.39, 0.29) is 0 Å². The van der Waals surface area contributed by atoms with E-state index in [0.717, 1.165) is 13.1 Å². The van der Waals surface area contributed by atoms with E-state index >= 15 is 0 Å². The number of rotatable bonds is 2. The third kappa shape index (κ3) is 3.22. The van der Waals surface area contributed by atoms with Gasteiger partial charge in [0, 0.05) is 16.2 Å². The summed E-state index contributed by atoms with van der Waals surface area (Å²) in [7, 11) is 0. The van der Waals surface area contributed by atoms with Crippen LogP contribution in [0, 0.1) is 6.92 Å². The molecular formula is C13H19BrN2. The van der Waals surface area contributed by atoms with Crippen molar-refractivity contribution in [1.82, 2.24) is 5.32 Å². The highest BCUT2D eigenvalue weighted by Crippen LogP contribution is 2.22. The van der Waals surface area contributed by atoms with Gasteiger partial charge < -0.3 is 10.6 Å². The predicted molar refractivity (Wildman–Crippen MR) is 73.0 cm³/mol. The molecule has 1 unspecified atom stereocenters. The smallest absolute Gasteiger partial charge is 0.0353 e. The maximum Gasteiger partial charge on any atom is 0.0353 e. The summed E-state index contributed by atoms with van der Waals surface area (Å²) in [4.78, 5) is 0. The zero-order valence-corrected chi connectivity index (χ0v) is 11.3. The van der Waals surface area contributed by atoms with Crippen LogP contribution in [0.2, 0.25) is 0 Å². The fourth-order valence-corrected chi connectivity index (χ4v) is 2.46. The number of hydrogen-bond donors (Lipinski definition) is 2. The summed E-state index contributed by atoms with van der Waals surface area (Å²) in [5, 5.41) is 7.05. The number of nitrogens with one attached hydrogen (secondary N) is 2. The highest BCUT2D eigenvalue weighted by molar-refractivity contribution is 9.10. The lowest BCUT2D eigenvalue weighted by Gasteiger charge is -2.17. The lowest BCUT2D eigenvalue weighted by Crippen LogP contribution is -2.21. The van der Waals surface area contributed by atoms with Crippen LogP contribution in [-0.2, 0) is 0 Å². The van der Waals surface area contributed by atoms with Gasteiger partial charge in [-0.2, -0.15) is 0 Å². The van der Waals surface area contributed by atoms with E-state index in [1.54, 1.807) is 0 Å². The molecule has 16 heavy (non-hydrogen) atoms. The summed E-state index contributed by atoms with van der Waals surface area (Å²) >= 11 is 3.57. The van der Waals surface area contributed by atoms with Crippen molar-refractivity contribution in [2.24, 2.45) is 0 Å². The Labute approximate surface area is 106 Å². The monoisotopic (exact) mass is 282 g/mol. The zero-order chi connectivity index (χ0) is 11.4. The maximum absolute atomic E-state index is 3.62. The van der Waals surface area contributed by atoms with Gasteiger partial charge in [-0.05, 0) is 57.0 Å². The number of anilines is 1. The summed E-state index contributed by atoms with van der Waals surface area (Å²) in [5.41, 5.74) is 2.51. The molecule has 2 N–H and O–H groups in total. The van der Waals surface area contributed by atoms with Gasteiger partial charge in [-0.3, -0.25) is 0 Å². The number of hydrogen-bond acceptors (Lipinski definition) is 2. The summed E-state index contributed by atoms with van der Waals surface area (Å²) in [6.45, 7) is 4.41. The Balaban J connectivity index is 1.99. The van der Waals surface area contributed by atoms with Crippen LogP contribution >= 0.6 is 15.9 Å². The SMILES string of the molecule is Cc1ccc(NC2CCCNCC2)cc1Br. The molecule has 1 heterocycles. The van der Waals surface area contributed by atoms with Crippen molar-refractivity contribution < 1.29 is 0 Å². The Morgan fingerprint density at radius 1 is 1.31 bits per heavy atom. The average Bonchev–Trinajstić information content (AvgIpc) is 2.52. The van der Waals surface area contributed by atoms with E-state index in [2.05, 4.69) is 51.7 Å². The second-order valence-electron chi connectivity index (χ2n) is 4.49. The summed E-state index contributed by atoms with van der Waals surface area (Å²) in [5.74, 6) is 0. The Kier molecular flexibility index (Phi) is 4.24. The van der Waals surface area contributed by atoms with Crippen LogP contribution in [0.4, 0.5) is 5.69 Å². The topological polar surface area (TPSA) is 24.1 Å². The van der Waals surface area contributed by atoms with Crippen LogP contribution in [-0.4, -0.2) is 19.1 Å². The Hall–Kier alpha value is -0.540. The van der Waals surface area contributed by atoms with Crippen LogP contribution in [0.5, 0.6) is 0 Å². The largest absolute Gasteiger partial charge is 0.382 e. The molecular weight excluding hydrogens is 264 g/mol. The first-order chi connectivity index (χ1) is 7.75. The van der Waals surface area contributed by atoms with Crippen LogP contribution in [0.1, 0.15) is 24.8 Å². The molecule has 0 saturated carbocycles. The van der Waals surface area contributed by atoms with Gasteiger partial charge in [0.15, 0.2) is 0 Å². The Morgan fingerprint density at radius 2 is 2.19 bits per heavy atom. The molecule has 2 nitrogen and oxygen atoms in total. The van der Waals surface area contributed by atoms with Crippen molar-refractivity contribution >= 4 is 21.6 Å². The highest BCUT2D eigenvalue weighted by Gasteiger charge is 2.11. The summed E-state index contributed by atoms with van der Waals surface area (Å²) in [6, 6.07) is 7.11. The molecule has 0 spiro atoms. The predicted octanol–water partition coefficient (Wildman–Crippen LogP) is 3.31. The van der Waals surface area contributed by atoms with Crippen molar-refractivity contribution in [2.45, 2.75) is 32.2 Å². The molecule has 1 aromatic rings. The van der Waals surface area contributed by atoms with Crippen LogP contribution in [0.15, 0.2) is 22.7 Å². The fraction of sp³-hybridized carbons (Fsp3) is 0.538. The minimum Gasteiger partial charge on any atom is -0.382 e. The molecule has 0 bridgehead atoms. The third-order valence-electron chi connectivity index (χ3n) is 3.12. The molecule has 1 atom stereocenters. The Bertz CT molecular complexity index is 344. The molecule has 0 radical (unpaired) electrons. The van der Waals surface area contributed by atoms with E-state index in [1.807, 2.05) is 0 Å². The van der Waals surface area contributed by atoms with Gasteiger partial charge in [-0.1, -0.05) is 22.0 Å². The minimum atomic E-state index is 0.615. The van der Waals surface area contributed by atoms with Gasteiger partial charge in [0.25, 0.3) is 0 Å². The molecule has 1 aromatic carbocycles. The molecule has 1 fully saturated rings. The maximum atomic E-state index is 3.62. The van der Waals surface area contributed by atoms with Gasteiger partial charge in [0.05, 0.1) is 0 Å². The molecule has 1 aliphatic rings. The number of halogens is 1. The van der Waals surface area contributed by atoms with Gasteiger partial charge in [-0.25, -0.2) is 0 Å². The summed E-state index contributed by atoms with van der Waals surface area (Å²) < 4.78 is 1.18. The van der Waals surface area contributed by atoms with Gasteiger partial charge in [-0.15, -0.1) is 0 Å². The van der Waals surface area contributed by atoms with E-state index in [4.69, 9.17) is 0 Å². The normalized spacial score (nSPS) is 21.5. The molecule has 1 aliphatic heterocycles. The highest BCUT2D eigenvalue weighted by atomic mass is 79.9. The van der Waals surface area contributed by atoms with E-state index < -0.39 is 0 Å². The fourth-order valence-electron chi connectivity index (χ4n) is 2.08. The second-order valence-corrected chi connectivity index (χ2v) is 5.34. The second kappa shape index (κ2) is 5.69. The van der Waals surface area contributed by atoms with Crippen molar-refractivity contribution in [1.29, 1.82) is 0 Å². The standard InChI is InChI=1S/C13H19BrN2/c1-10-4-5-12(9-13(10)14)16-11-3-2-7-15-8-6-11/h4-5,9,11,15-16H,2-3,6-8H2,1H3. The zero-order valence-electron chi connectivity index (χ0n) is 9.72. The van der Waals surface area contributed by atoms with Crippen molar-refractivity contribution in [3.8, 4) is 0 Å². The first-order valence-electron chi connectivity index (χ1n) is 5.99.